The second-order valence-corrected chi connectivity index (χ2v) is 15.0. The number of anilines is 6. The SMILES string of the molecule is C=CC(=O)Nc1cc(Nc2ncc(C)c(Nc3ccccc3P(C)(C)=O)n2)ccc1N1CCC(N2CCN(C)CC2)CC1. The Kier molecular flexibility index (Phi) is 9.49. The molecule has 3 heterocycles. The van der Waals surface area contributed by atoms with Crippen LogP contribution in [0.2, 0.25) is 0 Å². The molecule has 43 heavy (non-hydrogen) atoms. The van der Waals surface area contributed by atoms with E-state index in [4.69, 9.17) is 4.98 Å². The van der Waals surface area contributed by atoms with Gasteiger partial charge in [0.15, 0.2) is 0 Å². The monoisotopic (exact) mass is 602 g/mol. The molecule has 10 nitrogen and oxygen atoms in total. The summed E-state index contributed by atoms with van der Waals surface area (Å²) in [6.45, 7) is 15.5. The van der Waals surface area contributed by atoms with E-state index in [0.717, 1.165) is 80.0 Å². The van der Waals surface area contributed by atoms with Crippen LogP contribution in [-0.4, -0.2) is 91.4 Å². The third-order valence-electron chi connectivity index (χ3n) is 8.26. The second-order valence-electron chi connectivity index (χ2n) is 11.8. The van der Waals surface area contributed by atoms with Crippen LogP contribution in [0.15, 0.2) is 61.3 Å². The highest BCUT2D eigenvalue weighted by atomic mass is 31.2. The Bertz CT molecular complexity index is 1510. The van der Waals surface area contributed by atoms with E-state index in [9.17, 15) is 9.36 Å². The molecule has 0 aliphatic carbocycles. The number of benzene rings is 2. The maximum absolute atomic E-state index is 12.9. The van der Waals surface area contributed by atoms with Crippen molar-refractivity contribution < 1.29 is 9.36 Å². The predicted molar refractivity (Wildman–Crippen MR) is 178 cm³/mol. The maximum atomic E-state index is 12.9. The summed E-state index contributed by atoms with van der Waals surface area (Å²) in [5.41, 5.74) is 4.08. The average Bonchev–Trinajstić information content (AvgIpc) is 2.99. The summed E-state index contributed by atoms with van der Waals surface area (Å²) in [5.74, 6) is 0.772. The molecule has 3 aromatic rings. The fourth-order valence-electron chi connectivity index (χ4n) is 5.77. The first-order valence-corrected chi connectivity index (χ1v) is 17.5. The molecule has 3 N–H and O–H groups in total. The molecule has 5 rings (SSSR count). The minimum Gasteiger partial charge on any atom is -0.370 e. The zero-order valence-corrected chi connectivity index (χ0v) is 26.5. The van der Waals surface area contributed by atoms with Crippen LogP contribution in [-0.2, 0) is 9.36 Å². The number of hydrogen-bond donors (Lipinski definition) is 3. The van der Waals surface area contributed by atoms with Gasteiger partial charge in [0.25, 0.3) is 0 Å². The molecule has 1 aromatic heterocycles. The number of likely N-dealkylation sites (N-methyl/N-ethyl adjacent to an activating group) is 1. The second kappa shape index (κ2) is 13.3. The van der Waals surface area contributed by atoms with Crippen molar-refractivity contribution in [3.8, 4) is 0 Å². The normalized spacial score (nSPS) is 17.0. The van der Waals surface area contributed by atoms with Crippen LogP contribution in [0.3, 0.4) is 0 Å². The fraction of sp³-hybridized carbons (Fsp3) is 0.406. The van der Waals surface area contributed by atoms with Gasteiger partial charge in [0.05, 0.1) is 17.1 Å². The lowest BCUT2D eigenvalue weighted by atomic mass is 10.0. The van der Waals surface area contributed by atoms with Crippen molar-refractivity contribution in [1.82, 2.24) is 19.8 Å². The lowest BCUT2D eigenvalue weighted by Gasteiger charge is -2.43. The lowest BCUT2D eigenvalue weighted by Crippen LogP contribution is -2.52. The van der Waals surface area contributed by atoms with Crippen molar-refractivity contribution in [3.05, 3.63) is 66.9 Å². The van der Waals surface area contributed by atoms with Gasteiger partial charge in [0, 0.05) is 68.1 Å². The summed E-state index contributed by atoms with van der Waals surface area (Å²) in [4.78, 5) is 29.0. The Morgan fingerprint density at radius 3 is 2.42 bits per heavy atom. The van der Waals surface area contributed by atoms with E-state index >= 15 is 0 Å². The number of piperazine rings is 1. The number of para-hydroxylation sites is 1. The summed E-state index contributed by atoms with van der Waals surface area (Å²) in [5, 5.41) is 10.4. The topological polar surface area (TPSA) is 106 Å². The van der Waals surface area contributed by atoms with Gasteiger partial charge in [-0.3, -0.25) is 9.69 Å². The van der Waals surface area contributed by atoms with Crippen LogP contribution in [0.5, 0.6) is 0 Å². The molecule has 0 bridgehead atoms. The first-order valence-electron chi connectivity index (χ1n) is 14.9. The molecule has 2 saturated heterocycles. The van der Waals surface area contributed by atoms with Crippen molar-refractivity contribution in [1.29, 1.82) is 0 Å². The highest BCUT2D eigenvalue weighted by molar-refractivity contribution is 7.70. The zero-order chi connectivity index (χ0) is 30.6. The number of carbonyl (C=O) groups excluding carboxylic acids is 1. The molecular weight excluding hydrogens is 559 g/mol. The first kappa shape index (κ1) is 30.7. The van der Waals surface area contributed by atoms with Crippen molar-refractivity contribution in [2.45, 2.75) is 25.8 Å². The van der Waals surface area contributed by atoms with E-state index in [1.165, 1.54) is 6.08 Å². The van der Waals surface area contributed by atoms with E-state index in [-0.39, 0.29) is 5.91 Å². The molecule has 0 spiro atoms. The van der Waals surface area contributed by atoms with Crippen LogP contribution in [0.25, 0.3) is 0 Å². The quantitative estimate of drug-likeness (QED) is 0.234. The largest absolute Gasteiger partial charge is 0.370 e. The summed E-state index contributed by atoms with van der Waals surface area (Å²) < 4.78 is 12.9. The molecule has 0 unspecified atom stereocenters. The van der Waals surface area contributed by atoms with Gasteiger partial charge in [0.1, 0.15) is 13.0 Å². The maximum Gasteiger partial charge on any atom is 0.247 e. The van der Waals surface area contributed by atoms with Crippen molar-refractivity contribution in [2.24, 2.45) is 0 Å². The minimum atomic E-state index is -2.50. The van der Waals surface area contributed by atoms with Crippen LogP contribution in [0.4, 0.5) is 34.5 Å². The Labute approximate surface area is 255 Å². The van der Waals surface area contributed by atoms with Gasteiger partial charge in [-0.05, 0) is 76.6 Å². The average molecular weight is 603 g/mol. The standard InChI is InChI=1S/C32H43N8O2P/c1-6-30(41)35-27-21-24(11-12-28(27)40-15-13-25(14-16-40)39-19-17-38(3)18-20-39)34-32-33-22-23(2)31(37-32)36-26-9-7-8-10-29(26)43(4,5)42/h6-12,21-22,25H,1,13-20H2,2-5H3,(H,35,41)(H2,33,34,36,37). The Morgan fingerprint density at radius 1 is 1.00 bits per heavy atom. The summed E-state index contributed by atoms with van der Waals surface area (Å²) in [6.07, 6.45) is 5.23. The number of nitrogens with zero attached hydrogens (tertiary/aromatic N) is 5. The molecule has 11 heteroatoms. The van der Waals surface area contributed by atoms with E-state index in [1.54, 1.807) is 19.5 Å². The Morgan fingerprint density at radius 2 is 1.72 bits per heavy atom. The van der Waals surface area contributed by atoms with Gasteiger partial charge < -0.3 is 30.3 Å². The van der Waals surface area contributed by atoms with E-state index in [0.29, 0.717) is 23.5 Å². The molecule has 2 aliphatic rings. The molecule has 228 valence electrons. The zero-order valence-electron chi connectivity index (χ0n) is 25.6. The van der Waals surface area contributed by atoms with Gasteiger partial charge >= 0.3 is 0 Å². The molecule has 0 radical (unpaired) electrons. The van der Waals surface area contributed by atoms with Gasteiger partial charge in [-0.25, -0.2) is 4.98 Å². The Hall–Kier alpha value is -3.72. The molecule has 2 aliphatic heterocycles. The number of hydrogen-bond acceptors (Lipinski definition) is 9. The predicted octanol–water partition coefficient (Wildman–Crippen LogP) is 4.86. The van der Waals surface area contributed by atoms with E-state index < -0.39 is 7.14 Å². The first-order chi connectivity index (χ1) is 20.6. The lowest BCUT2D eigenvalue weighted by molar-refractivity contribution is -0.111. The number of aromatic nitrogens is 2. The summed E-state index contributed by atoms with van der Waals surface area (Å²) >= 11 is 0. The molecule has 2 fully saturated rings. The fourth-order valence-corrected chi connectivity index (χ4v) is 6.92. The molecule has 0 atom stereocenters. The third kappa shape index (κ3) is 7.63. The number of amides is 1. The van der Waals surface area contributed by atoms with Crippen LogP contribution < -0.4 is 26.2 Å². The van der Waals surface area contributed by atoms with Gasteiger partial charge in [0.2, 0.25) is 11.9 Å². The molecule has 1 amide bonds. The number of nitrogens with one attached hydrogen (secondary N) is 3. The number of carbonyl (C=O) groups is 1. The third-order valence-corrected chi connectivity index (χ3v) is 9.81. The molecular formula is C32H43N8O2P. The molecule has 2 aromatic carbocycles. The Balaban J connectivity index is 1.33. The minimum absolute atomic E-state index is 0.258. The van der Waals surface area contributed by atoms with E-state index in [2.05, 4.69) is 49.3 Å². The van der Waals surface area contributed by atoms with E-state index in [1.807, 2.05) is 49.4 Å². The summed E-state index contributed by atoms with van der Waals surface area (Å²) in [7, 11) is -0.305. The van der Waals surface area contributed by atoms with Crippen LogP contribution in [0.1, 0.15) is 18.4 Å². The van der Waals surface area contributed by atoms with Gasteiger partial charge in [-0.15, -0.1) is 0 Å². The highest BCUT2D eigenvalue weighted by Crippen LogP contribution is 2.38. The highest BCUT2D eigenvalue weighted by Gasteiger charge is 2.28. The van der Waals surface area contributed by atoms with Crippen LogP contribution >= 0.6 is 7.14 Å². The van der Waals surface area contributed by atoms with Crippen molar-refractivity contribution in [2.75, 3.05) is 80.5 Å². The van der Waals surface area contributed by atoms with Gasteiger partial charge in [-0.1, -0.05) is 18.7 Å². The summed E-state index contributed by atoms with van der Waals surface area (Å²) in [6, 6.07) is 14.1. The number of rotatable bonds is 9. The van der Waals surface area contributed by atoms with Crippen molar-refractivity contribution in [3.63, 3.8) is 0 Å². The molecule has 0 saturated carbocycles. The van der Waals surface area contributed by atoms with Crippen molar-refractivity contribution >= 4 is 52.9 Å². The van der Waals surface area contributed by atoms with Crippen LogP contribution in [0, 0.1) is 6.92 Å². The number of piperidine rings is 1. The smallest absolute Gasteiger partial charge is 0.247 e. The number of aryl methyl sites for hydroxylation is 1. The van der Waals surface area contributed by atoms with Gasteiger partial charge in [-0.2, -0.15) is 4.98 Å².